The molecule has 2 rings (SSSR count). The average molecular weight is 332 g/mol. The second-order valence-electron chi connectivity index (χ2n) is 5.20. The highest BCUT2D eigenvalue weighted by atomic mass is 79.9. The van der Waals surface area contributed by atoms with Crippen LogP contribution in [0.5, 0.6) is 0 Å². The quantitative estimate of drug-likeness (QED) is 0.898. The topological polar surface area (TPSA) is 15.3 Å². The van der Waals surface area contributed by atoms with E-state index >= 15 is 0 Å². The molecule has 2 nitrogen and oxygen atoms in total. The summed E-state index contributed by atoms with van der Waals surface area (Å²) in [7, 11) is 0. The van der Waals surface area contributed by atoms with Gasteiger partial charge < -0.3 is 10.2 Å². The van der Waals surface area contributed by atoms with Crippen LogP contribution in [0, 0.1) is 0 Å². The lowest BCUT2D eigenvalue weighted by Gasteiger charge is -2.36. The van der Waals surface area contributed by atoms with E-state index in [0.29, 0.717) is 12.1 Å². The summed E-state index contributed by atoms with van der Waals surface area (Å²) >= 11 is 9.77. The van der Waals surface area contributed by atoms with Crippen molar-refractivity contribution in [1.82, 2.24) is 5.32 Å². The van der Waals surface area contributed by atoms with Gasteiger partial charge in [0.25, 0.3) is 0 Å². The molecule has 1 aliphatic rings. The van der Waals surface area contributed by atoms with Gasteiger partial charge in [0, 0.05) is 29.6 Å². The van der Waals surface area contributed by atoms with Crippen molar-refractivity contribution in [2.24, 2.45) is 0 Å². The summed E-state index contributed by atoms with van der Waals surface area (Å²) in [5.74, 6) is 0. The zero-order valence-electron chi connectivity index (χ0n) is 10.9. The van der Waals surface area contributed by atoms with Crippen molar-refractivity contribution < 1.29 is 0 Å². The maximum Gasteiger partial charge on any atom is 0.0650 e. The number of nitrogens with zero attached hydrogens (tertiary/aromatic N) is 1. The molecule has 1 aliphatic heterocycles. The molecule has 1 aromatic rings. The fraction of sp³-hybridized carbons (Fsp3) is 0.571. The number of anilines is 1. The Labute approximate surface area is 123 Å². The minimum absolute atomic E-state index is 0.537. The van der Waals surface area contributed by atoms with Gasteiger partial charge in [-0.05, 0) is 31.0 Å². The fourth-order valence-electron chi connectivity index (χ4n) is 2.54. The van der Waals surface area contributed by atoms with E-state index in [2.05, 4.69) is 52.1 Å². The van der Waals surface area contributed by atoms with Crippen LogP contribution in [0.4, 0.5) is 5.69 Å². The van der Waals surface area contributed by atoms with Gasteiger partial charge in [0.05, 0.1) is 10.7 Å². The van der Waals surface area contributed by atoms with Crippen LogP contribution in [-0.4, -0.2) is 25.2 Å². The number of piperidine rings is 1. The molecule has 1 fully saturated rings. The summed E-state index contributed by atoms with van der Waals surface area (Å²) in [6.07, 6.45) is 2.47. The summed E-state index contributed by atoms with van der Waals surface area (Å²) in [4.78, 5) is 2.39. The smallest absolute Gasteiger partial charge is 0.0650 e. The minimum Gasteiger partial charge on any atom is -0.369 e. The van der Waals surface area contributed by atoms with Gasteiger partial charge in [-0.1, -0.05) is 41.4 Å². The number of hydrogen-bond donors (Lipinski definition) is 1. The summed E-state index contributed by atoms with van der Waals surface area (Å²) in [6, 6.07) is 7.23. The van der Waals surface area contributed by atoms with Crippen molar-refractivity contribution in [1.29, 1.82) is 0 Å². The zero-order valence-corrected chi connectivity index (χ0v) is 13.3. The molecule has 4 heteroatoms. The van der Waals surface area contributed by atoms with Crippen molar-refractivity contribution in [2.75, 3.05) is 18.0 Å². The van der Waals surface area contributed by atoms with Crippen LogP contribution in [-0.2, 0) is 0 Å². The van der Waals surface area contributed by atoms with Crippen molar-refractivity contribution in [3.63, 3.8) is 0 Å². The molecule has 0 radical (unpaired) electrons. The Hall–Kier alpha value is -0.250. The molecule has 0 aromatic heterocycles. The Morgan fingerprint density at radius 2 is 2.22 bits per heavy atom. The van der Waals surface area contributed by atoms with Gasteiger partial charge >= 0.3 is 0 Å². The third-order valence-corrected chi connectivity index (χ3v) is 4.04. The van der Waals surface area contributed by atoms with Crippen molar-refractivity contribution >= 4 is 33.2 Å². The summed E-state index contributed by atoms with van der Waals surface area (Å²) in [5, 5.41) is 4.45. The lowest BCUT2D eigenvalue weighted by Crippen LogP contribution is -2.48. The first-order chi connectivity index (χ1) is 8.56. The van der Waals surface area contributed by atoms with E-state index in [-0.39, 0.29) is 0 Å². The summed E-state index contributed by atoms with van der Waals surface area (Å²) in [6.45, 7) is 6.54. The maximum atomic E-state index is 6.32. The molecule has 100 valence electrons. The predicted octanol–water partition coefficient (Wildman–Crippen LogP) is 4.07. The lowest BCUT2D eigenvalue weighted by molar-refractivity contribution is 0.395. The van der Waals surface area contributed by atoms with Crippen molar-refractivity contribution in [3.8, 4) is 0 Å². The van der Waals surface area contributed by atoms with Crippen LogP contribution in [0.25, 0.3) is 0 Å². The first-order valence-electron chi connectivity index (χ1n) is 6.52. The van der Waals surface area contributed by atoms with E-state index in [1.54, 1.807) is 0 Å². The van der Waals surface area contributed by atoms with Gasteiger partial charge in [0.15, 0.2) is 0 Å². The van der Waals surface area contributed by atoms with E-state index in [1.165, 1.54) is 12.8 Å². The highest BCUT2D eigenvalue weighted by molar-refractivity contribution is 9.10. The van der Waals surface area contributed by atoms with Crippen LogP contribution >= 0.6 is 27.5 Å². The van der Waals surface area contributed by atoms with Crippen LogP contribution in [0.1, 0.15) is 26.7 Å². The summed E-state index contributed by atoms with van der Waals surface area (Å²) in [5.41, 5.74) is 1.15. The Bertz CT molecular complexity index is 409. The standard InChI is InChI=1S/C14H20BrClN2/c1-10(2)17-12-4-3-7-18(9-12)14-6-5-11(15)8-13(14)16/h5-6,8,10,12,17H,3-4,7,9H2,1-2H3. The van der Waals surface area contributed by atoms with E-state index in [4.69, 9.17) is 11.6 Å². The Morgan fingerprint density at radius 1 is 1.44 bits per heavy atom. The van der Waals surface area contributed by atoms with E-state index < -0.39 is 0 Å². The monoisotopic (exact) mass is 330 g/mol. The normalized spacial score (nSPS) is 20.5. The molecular weight excluding hydrogens is 312 g/mol. The Morgan fingerprint density at radius 3 is 2.89 bits per heavy atom. The number of benzene rings is 1. The molecule has 1 unspecified atom stereocenters. The number of rotatable bonds is 3. The average Bonchev–Trinajstić information content (AvgIpc) is 2.28. The first-order valence-corrected chi connectivity index (χ1v) is 7.69. The fourth-order valence-corrected chi connectivity index (χ4v) is 3.33. The minimum atomic E-state index is 0.537. The van der Waals surface area contributed by atoms with E-state index in [0.717, 1.165) is 28.3 Å². The first kappa shape index (κ1) is 14.2. The molecule has 0 bridgehead atoms. The molecule has 1 aromatic carbocycles. The largest absolute Gasteiger partial charge is 0.369 e. The van der Waals surface area contributed by atoms with Gasteiger partial charge in [-0.3, -0.25) is 0 Å². The third-order valence-electron chi connectivity index (χ3n) is 3.24. The second kappa shape index (κ2) is 6.27. The molecule has 18 heavy (non-hydrogen) atoms. The highest BCUT2D eigenvalue weighted by Crippen LogP contribution is 2.30. The molecule has 1 saturated heterocycles. The van der Waals surface area contributed by atoms with Gasteiger partial charge in [0.1, 0.15) is 0 Å². The number of nitrogens with one attached hydrogen (secondary N) is 1. The molecule has 1 heterocycles. The SMILES string of the molecule is CC(C)NC1CCCN(c2ccc(Br)cc2Cl)C1. The van der Waals surface area contributed by atoms with Gasteiger partial charge in [-0.15, -0.1) is 0 Å². The maximum absolute atomic E-state index is 6.32. The van der Waals surface area contributed by atoms with Crippen LogP contribution < -0.4 is 10.2 Å². The molecule has 0 amide bonds. The third kappa shape index (κ3) is 3.62. The zero-order chi connectivity index (χ0) is 13.1. The Kier molecular flexibility index (Phi) is 4.93. The van der Waals surface area contributed by atoms with Crippen LogP contribution in [0.3, 0.4) is 0 Å². The second-order valence-corrected chi connectivity index (χ2v) is 6.53. The van der Waals surface area contributed by atoms with Gasteiger partial charge in [-0.25, -0.2) is 0 Å². The van der Waals surface area contributed by atoms with Crippen LogP contribution in [0.2, 0.25) is 5.02 Å². The molecule has 1 N–H and O–H groups in total. The molecular formula is C14H20BrClN2. The molecule has 0 aliphatic carbocycles. The van der Waals surface area contributed by atoms with Crippen molar-refractivity contribution in [2.45, 2.75) is 38.8 Å². The predicted molar refractivity (Wildman–Crippen MR) is 82.7 cm³/mol. The molecule has 1 atom stereocenters. The lowest BCUT2D eigenvalue weighted by atomic mass is 10.0. The van der Waals surface area contributed by atoms with E-state index in [9.17, 15) is 0 Å². The van der Waals surface area contributed by atoms with Gasteiger partial charge in [0.2, 0.25) is 0 Å². The highest BCUT2D eigenvalue weighted by Gasteiger charge is 2.21. The molecule has 0 spiro atoms. The molecule has 0 saturated carbocycles. The number of halogens is 2. The Balaban J connectivity index is 2.08. The van der Waals surface area contributed by atoms with E-state index in [1.807, 2.05) is 6.07 Å². The van der Waals surface area contributed by atoms with Crippen LogP contribution in [0.15, 0.2) is 22.7 Å². The van der Waals surface area contributed by atoms with Crippen molar-refractivity contribution in [3.05, 3.63) is 27.7 Å². The van der Waals surface area contributed by atoms with Gasteiger partial charge in [-0.2, -0.15) is 0 Å². The summed E-state index contributed by atoms with van der Waals surface area (Å²) < 4.78 is 1.03. The number of hydrogen-bond acceptors (Lipinski definition) is 2.